The van der Waals surface area contributed by atoms with Crippen LogP contribution in [0, 0.1) is 35.5 Å². The van der Waals surface area contributed by atoms with Crippen LogP contribution in [0.4, 0.5) is 5.69 Å². The van der Waals surface area contributed by atoms with Crippen molar-refractivity contribution in [1.29, 1.82) is 0 Å². The number of hydrogen-bond acceptors (Lipinski definition) is 3. The van der Waals surface area contributed by atoms with Crippen LogP contribution in [0.1, 0.15) is 13.3 Å². The number of anilines is 1. The molecule has 5 nitrogen and oxygen atoms in total. The van der Waals surface area contributed by atoms with Gasteiger partial charge < -0.3 is 15.2 Å². The number of nitrogens with one attached hydrogen (secondary N) is 1. The highest BCUT2D eigenvalue weighted by molar-refractivity contribution is 5.97. The summed E-state index contributed by atoms with van der Waals surface area (Å²) in [6, 6.07) is 7.27. The predicted octanol–water partition coefficient (Wildman–Crippen LogP) is 2.79. The van der Waals surface area contributed by atoms with Crippen molar-refractivity contribution in [2.45, 2.75) is 13.3 Å². The first-order valence-electron chi connectivity index (χ1n) is 8.55. The summed E-state index contributed by atoms with van der Waals surface area (Å²) in [5.41, 5.74) is 0.603. The number of rotatable bonds is 5. The van der Waals surface area contributed by atoms with Gasteiger partial charge in [-0.05, 0) is 49.1 Å². The molecule has 0 saturated heterocycles. The summed E-state index contributed by atoms with van der Waals surface area (Å²) in [5.74, 6) is -0.609. The molecule has 6 atom stereocenters. The molecule has 0 radical (unpaired) electrons. The van der Waals surface area contributed by atoms with Gasteiger partial charge in [0, 0.05) is 0 Å². The third-order valence-electron chi connectivity index (χ3n) is 5.68. The highest BCUT2D eigenvalue weighted by Gasteiger charge is 2.63. The van der Waals surface area contributed by atoms with Gasteiger partial charge in [0.1, 0.15) is 5.75 Å². The van der Waals surface area contributed by atoms with E-state index in [1.807, 2.05) is 25.1 Å². The van der Waals surface area contributed by atoms with E-state index in [1.54, 1.807) is 12.1 Å². The van der Waals surface area contributed by atoms with Gasteiger partial charge in [0.25, 0.3) is 0 Å². The highest BCUT2D eigenvalue weighted by Crippen LogP contribution is 2.63. The van der Waals surface area contributed by atoms with Crippen LogP contribution in [0.15, 0.2) is 36.4 Å². The number of fused-ring (bicyclic) bond motifs is 1. The topological polar surface area (TPSA) is 75.6 Å². The Hall–Kier alpha value is -2.30. The van der Waals surface area contributed by atoms with Crippen LogP contribution >= 0.6 is 0 Å². The van der Waals surface area contributed by atoms with E-state index < -0.39 is 17.8 Å². The smallest absolute Gasteiger partial charge is 0.307 e. The van der Waals surface area contributed by atoms with E-state index >= 15 is 0 Å². The molecule has 0 aromatic heterocycles. The Labute approximate surface area is 140 Å². The fraction of sp³-hybridized carbons (Fsp3) is 0.474. The first-order chi connectivity index (χ1) is 11.6. The average Bonchev–Trinajstić information content (AvgIpc) is 3.38. The summed E-state index contributed by atoms with van der Waals surface area (Å²) < 4.78 is 5.55. The van der Waals surface area contributed by atoms with Crippen molar-refractivity contribution >= 4 is 17.6 Å². The van der Waals surface area contributed by atoms with E-state index in [-0.39, 0.29) is 17.7 Å². The molecule has 1 aromatic carbocycles. The minimum absolute atomic E-state index is 0.00427. The minimum atomic E-state index is -0.863. The Kier molecular flexibility index (Phi) is 3.59. The van der Waals surface area contributed by atoms with Gasteiger partial charge in [-0.25, -0.2) is 0 Å². The van der Waals surface area contributed by atoms with Crippen LogP contribution in [0.25, 0.3) is 0 Å². The number of carbonyl (C=O) groups is 2. The Morgan fingerprint density at radius 2 is 1.83 bits per heavy atom. The first kappa shape index (κ1) is 15.2. The molecular weight excluding hydrogens is 306 g/mol. The fourth-order valence-electron chi connectivity index (χ4n) is 4.64. The standard InChI is InChI=1S/C19H21NO4/c1-2-24-15-6-4-3-5-14(15)20-18(21)16-10-7-8-11(13-9-12(10)13)17(16)19(22)23/h3-8,10-13,16-17H,2,9H2,1H3,(H,20,21)(H,22,23)/t10-,11-,12+,13-,16+,17-/m0/s1. The average molecular weight is 327 g/mol. The lowest BCUT2D eigenvalue weighted by atomic mass is 9.62. The Morgan fingerprint density at radius 1 is 1.17 bits per heavy atom. The molecule has 2 bridgehead atoms. The van der Waals surface area contributed by atoms with E-state index in [0.717, 1.165) is 6.42 Å². The van der Waals surface area contributed by atoms with E-state index in [1.165, 1.54) is 0 Å². The number of carboxylic acids is 1. The molecule has 2 saturated carbocycles. The zero-order valence-corrected chi connectivity index (χ0v) is 13.5. The lowest BCUT2D eigenvalue weighted by Crippen LogP contribution is -2.48. The minimum Gasteiger partial charge on any atom is -0.492 e. The number of hydrogen-bond donors (Lipinski definition) is 2. The van der Waals surface area contributed by atoms with E-state index in [2.05, 4.69) is 11.4 Å². The summed E-state index contributed by atoms with van der Waals surface area (Å²) in [7, 11) is 0. The lowest BCUT2D eigenvalue weighted by molar-refractivity contribution is -0.152. The van der Waals surface area contributed by atoms with E-state index in [0.29, 0.717) is 29.9 Å². The Morgan fingerprint density at radius 3 is 2.50 bits per heavy atom. The molecule has 0 spiro atoms. The van der Waals surface area contributed by atoms with Crippen molar-refractivity contribution in [2.75, 3.05) is 11.9 Å². The van der Waals surface area contributed by atoms with Crippen molar-refractivity contribution in [2.24, 2.45) is 35.5 Å². The largest absolute Gasteiger partial charge is 0.492 e. The number of benzene rings is 1. The molecule has 0 heterocycles. The molecule has 24 heavy (non-hydrogen) atoms. The van der Waals surface area contributed by atoms with Gasteiger partial charge in [-0.2, -0.15) is 0 Å². The van der Waals surface area contributed by atoms with Gasteiger partial charge in [-0.3, -0.25) is 9.59 Å². The van der Waals surface area contributed by atoms with Gasteiger partial charge in [-0.15, -0.1) is 0 Å². The quantitative estimate of drug-likeness (QED) is 0.816. The van der Waals surface area contributed by atoms with Gasteiger partial charge >= 0.3 is 5.97 Å². The summed E-state index contributed by atoms with van der Waals surface area (Å²) in [4.78, 5) is 24.7. The maximum absolute atomic E-state index is 12.9. The van der Waals surface area contributed by atoms with Gasteiger partial charge in [-0.1, -0.05) is 24.3 Å². The Bertz CT molecular complexity index is 713. The molecule has 0 aliphatic heterocycles. The predicted molar refractivity (Wildman–Crippen MR) is 88.6 cm³/mol. The van der Waals surface area contributed by atoms with Crippen LogP contribution in [-0.4, -0.2) is 23.6 Å². The third kappa shape index (κ3) is 2.30. The second kappa shape index (κ2) is 5.65. The number of carbonyl (C=O) groups excluding carboxylic acids is 1. The van der Waals surface area contributed by atoms with Crippen LogP contribution in [0.3, 0.4) is 0 Å². The molecule has 4 aliphatic rings. The van der Waals surface area contributed by atoms with Gasteiger partial charge in [0.2, 0.25) is 5.91 Å². The number of carboxylic acid groups (broad SMARTS) is 1. The fourth-order valence-corrected chi connectivity index (χ4v) is 4.64. The maximum atomic E-state index is 12.9. The molecule has 1 aromatic rings. The molecule has 2 N–H and O–H groups in total. The first-order valence-corrected chi connectivity index (χ1v) is 8.55. The zero-order valence-electron chi connectivity index (χ0n) is 13.5. The van der Waals surface area contributed by atoms with Crippen LogP contribution < -0.4 is 10.1 Å². The molecule has 2 fully saturated rings. The molecule has 0 unspecified atom stereocenters. The van der Waals surface area contributed by atoms with Gasteiger partial charge in [0.05, 0.1) is 24.1 Å². The second-order valence-corrected chi connectivity index (χ2v) is 6.91. The van der Waals surface area contributed by atoms with E-state index in [4.69, 9.17) is 4.74 Å². The SMILES string of the molecule is CCOc1ccccc1NC(=O)[C@@H]1[C@H]2C=C[C@@H]([C@@H]3C[C@H]23)[C@@H]1C(=O)O. The molecule has 1 amide bonds. The number of amides is 1. The molecule has 126 valence electrons. The van der Waals surface area contributed by atoms with Gasteiger partial charge in [0.15, 0.2) is 0 Å². The number of para-hydroxylation sites is 2. The van der Waals surface area contributed by atoms with Crippen molar-refractivity contribution in [3.05, 3.63) is 36.4 Å². The maximum Gasteiger partial charge on any atom is 0.307 e. The summed E-state index contributed by atoms with van der Waals surface area (Å²) in [6.45, 7) is 2.39. The van der Waals surface area contributed by atoms with Crippen molar-refractivity contribution < 1.29 is 19.4 Å². The van der Waals surface area contributed by atoms with E-state index in [9.17, 15) is 14.7 Å². The zero-order chi connectivity index (χ0) is 16.8. The lowest BCUT2D eigenvalue weighted by Gasteiger charge is -2.41. The van der Waals surface area contributed by atoms with Crippen LogP contribution in [-0.2, 0) is 9.59 Å². The number of ether oxygens (including phenoxy) is 1. The molecule has 4 aliphatic carbocycles. The molecular formula is C19H21NO4. The molecule has 5 rings (SSSR count). The number of allylic oxidation sites excluding steroid dienone is 2. The summed E-state index contributed by atoms with van der Waals surface area (Å²) >= 11 is 0. The molecule has 5 heteroatoms. The van der Waals surface area contributed by atoms with Crippen molar-refractivity contribution in [1.82, 2.24) is 0 Å². The van der Waals surface area contributed by atoms with Crippen LogP contribution in [0.2, 0.25) is 0 Å². The normalized spacial score (nSPS) is 35.2. The summed E-state index contributed by atoms with van der Waals surface area (Å²) in [5, 5.41) is 12.6. The third-order valence-corrected chi connectivity index (χ3v) is 5.68. The summed E-state index contributed by atoms with van der Waals surface area (Å²) in [6.07, 6.45) is 5.14. The van der Waals surface area contributed by atoms with Crippen LogP contribution in [0.5, 0.6) is 5.75 Å². The number of aliphatic carboxylic acids is 1. The highest BCUT2D eigenvalue weighted by atomic mass is 16.5. The van der Waals surface area contributed by atoms with Crippen molar-refractivity contribution in [3.8, 4) is 5.75 Å². The Balaban J connectivity index is 1.60. The monoisotopic (exact) mass is 327 g/mol. The van der Waals surface area contributed by atoms with Crippen molar-refractivity contribution in [3.63, 3.8) is 0 Å². The second-order valence-electron chi connectivity index (χ2n) is 6.91.